The molecular weight excluding hydrogens is 317 g/mol. The summed E-state index contributed by atoms with van der Waals surface area (Å²) in [7, 11) is 0. The Morgan fingerprint density at radius 2 is 1.84 bits per heavy atom. The third-order valence-electron chi connectivity index (χ3n) is 4.92. The molecule has 5 heteroatoms. The number of pyridine rings is 1. The maximum Gasteiger partial charge on any atom is 0.203 e. The average molecular weight is 333 g/mol. The van der Waals surface area contributed by atoms with Gasteiger partial charge in [-0.1, -0.05) is 36.4 Å². The predicted octanol–water partition coefficient (Wildman–Crippen LogP) is 4.62. The first-order valence-corrected chi connectivity index (χ1v) is 8.32. The van der Waals surface area contributed by atoms with E-state index in [4.69, 9.17) is 10.7 Å². The number of hydrogen-bond donors (Lipinski definition) is 2. The minimum atomic E-state index is -0.297. The Bertz CT molecular complexity index is 1140. The van der Waals surface area contributed by atoms with Crippen LogP contribution in [0.5, 0.6) is 5.88 Å². The van der Waals surface area contributed by atoms with Crippen molar-refractivity contribution in [2.75, 3.05) is 5.73 Å². The molecule has 0 unspecified atom stereocenters. The summed E-state index contributed by atoms with van der Waals surface area (Å²) in [6.45, 7) is 0. The van der Waals surface area contributed by atoms with Crippen molar-refractivity contribution in [1.82, 2.24) is 9.55 Å². The summed E-state index contributed by atoms with van der Waals surface area (Å²) < 4.78 is 16.1. The highest BCUT2D eigenvalue weighted by Crippen LogP contribution is 2.44. The van der Waals surface area contributed by atoms with Crippen molar-refractivity contribution in [2.24, 2.45) is 0 Å². The molecule has 4 aromatic rings. The first kappa shape index (κ1) is 14.3. The Kier molecular flexibility index (Phi) is 2.83. The molecule has 3 N–H and O–H groups in total. The minimum Gasteiger partial charge on any atom is -0.494 e. The van der Waals surface area contributed by atoms with E-state index in [-0.39, 0.29) is 11.7 Å². The number of nitrogens with two attached hydrogens (primary N) is 1. The number of fused-ring (bicyclic) bond motifs is 2. The Hall–Kier alpha value is -3.08. The molecule has 25 heavy (non-hydrogen) atoms. The number of hydrogen-bond acceptors (Lipinski definition) is 3. The van der Waals surface area contributed by atoms with Crippen molar-refractivity contribution < 1.29 is 9.50 Å². The van der Waals surface area contributed by atoms with Gasteiger partial charge in [-0.15, -0.1) is 0 Å². The summed E-state index contributed by atoms with van der Waals surface area (Å²) >= 11 is 0. The number of para-hydroxylation sites is 1. The van der Waals surface area contributed by atoms with Gasteiger partial charge in [0.1, 0.15) is 5.82 Å². The molecule has 124 valence electrons. The van der Waals surface area contributed by atoms with E-state index in [1.54, 1.807) is 18.2 Å². The van der Waals surface area contributed by atoms with Crippen molar-refractivity contribution in [2.45, 2.75) is 18.9 Å². The van der Waals surface area contributed by atoms with Gasteiger partial charge in [0.2, 0.25) is 5.88 Å². The highest BCUT2D eigenvalue weighted by Gasteiger charge is 2.28. The number of nitrogens with zero attached hydrogens (tertiary/aromatic N) is 2. The molecule has 0 radical (unpaired) electrons. The van der Waals surface area contributed by atoms with Crippen molar-refractivity contribution >= 4 is 27.5 Å². The number of benzene rings is 2. The third kappa shape index (κ3) is 2.02. The Morgan fingerprint density at radius 3 is 2.60 bits per heavy atom. The topological polar surface area (TPSA) is 64.1 Å². The van der Waals surface area contributed by atoms with Crippen molar-refractivity contribution in [3.8, 4) is 17.0 Å². The first-order valence-electron chi connectivity index (χ1n) is 8.32. The number of aromatic nitrogens is 2. The van der Waals surface area contributed by atoms with E-state index in [1.807, 2.05) is 29.0 Å². The van der Waals surface area contributed by atoms with Crippen LogP contribution in [0.25, 0.3) is 32.9 Å². The van der Waals surface area contributed by atoms with E-state index in [0.29, 0.717) is 39.3 Å². The maximum absolute atomic E-state index is 14.3. The zero-order valence-electron chi connectivity index (χ0n) is 13.4. The van der Waals surface area contributed by atoms with Gasteiger partial charge in [0, 0.05) is 28.8 Å². The van der Waals surface area contributed by atoms with Crippen LogP contribution in [0.4, 0.5) is 10.1 Å². The highest BCUT2D eigenvalue weighted by molar-refractivity contribution is 6.12. The molecule has 0 atom stereocenters. The lowest BCUT2D eigenvalue weighted by molar-refractivity contribution is 0.424. The molecule has 2 heterocycles. The van der Waals surface area contributed by atoms with E-state index in [1.165, 1.54) is 6.07 Å². The largest absolute Gasteiger partial charge is 0.494 e. The van der Waals surface area contributed by atoms with E-state index in [0.717, 1.165) is 18.2 Å². The van der Waals surface area contributed by atoms with Gasteiger partial charge in [-0.3, -0.25) is 0 Å². The van der Waals surface area contributed by atoms with Gasteiger partial charge in [-0.25, -0.2) is 9.37 Å². The number of rotatable bonds is 2. The standard InChI is InChI=1S/C20H16FN3O/c21-15-7-2-1-4-12(15)13-5-3-6-14-18(22)17-16(23-19(13)14)10-24(20(17)25)11-8-9-11/h1-7,10-11,25H,8-9,22H2. The molecule has 4 nitrogen and oxygen atoms in total. The van der Waals surface area contributed by atoms with E-state index < -0.39 is 0 Å². The van der Waals surface area contributed by atoms with Gasteiger partial charge >= 0.3 is 0 Å². The number of halogens is 1. The lowest BCUT2D eigenvalue weighted by atomic mass is 10.00. The van der Waals surface area contributed by atoms with Crippen LogP contribution in [-0.2, 0) is 0 Å². The smallest absolute Gasteiger partial charge is 0.203 e. The molecule has 0 bridgehead atoms. The quantitative estimate of drug-likeness (QED) is 0.563. The SMILES string of the molecule is Nc1c2cccc(-c3ccccc3F)c2nc2cn(C3CC3)c(O)c12. The summed E-state index contributed by atoms with van der Waals surface area (Å²) in [4.78, 5) is 4.72. The Balaban J connectivity index is 1.87. The van der Waals surface area contributed by atoms with Gasteiger partial charge < -0.3 is 15.4 Å². The molecule has 0 saturated heterocycles. The molecule has 2 aromatic carbocycles. The monoisotopic (exact) mass is 333 g/mol. The summed E-state index contributed by atoms with van der Waals surface area (Å²) in [6, 6.07) is 12.5. The second kappa shape index (κ2) is 4.96. The number of nitrogen functional groups attached to an aromatic ring is 1. The normalized spacial score (nSPS) is 14.4. The fourth-order valence-corrected chi connectivity index (χ4v) is 3.51. The molecule has 0 aliphatic heterocycles. The summed E-state index contributed by atoms with van der Waals surface area (Å²) in [5.41, 5.74) is 9.32. The lowest BCUT2D eigenvalue weighted by Crippen LogP contribution is -1.94. The average Bonchev–Trinajstić information content (AvgIpc) is 3.40. The second-order valence-corrected chi connectivity index (χ2v) is 6.56. The third-order valence-corrected chi connectivity index (χ3v) is 4.92. The molecule has 1 aliphatic carbocycles. The van der Waals surface area contributed by atoms with Crippen LogP contribution in [0, 0.1) is 5.82 Å². The molecular formula is C20H16FN3O. The summed E-state index contributed by atoms with van der Waals surface area (Å²) in [5, 5.41) is 11.8. The molecule has 1 aliphatic rings. The van der Waals surface area contributed by atoms with Gasteiger partial charge in [0.15, 0.2) is 0 Å². The zero-order chi connectivity index (χ0) is 17.1. The fourth-order valence-electron chi connectivity index (χ4n) is 3.51. The molecule has 2 aromatic heterocycles. The van der Waals surface area contributed by atoms with E-state index in [2.05, 4.69) is 0 Å². The van der Waals surface area contributed by atoms with Crippen molar-refractivity contribution in [1.29, 1.82) is 0 Å². The van der Waals surface area contributed by atoms with Crippen molar-refractivity contribution in [3.05, 3.63) is 54.5 Å². The Morgan fingerprint density at radius 1 is 1.08 bits per heavy atom. The first-order chi connectivity index (χ1) is 12.1. The van der Waals surface area contributed by atoms with E-state index >= 15 is 0 Å². The van der Waals surface area contributed by atoms with Gasteiger partial charge in [0.25, 0.3) is 0 Å². The molecule has 0 amide bonds. The van der Waals surface area contributed by atoms with Crippen LogP contribution < -0.4 is 5.73 Å². The molecule has 5 rings (SSSR count). The van der Waals surface area contributed by atoms with Gasteiger partial charge in [-0.2, -0.15) is 0 Å². The predicted molar refractivity (Wildman–Crippen MR) is 97.0 cm³/mol. The zero-order valence-corrected chi connectivity index (χ0v) is 13.4. The summed E-state index contributed by atoms with van der Waals surface area (Å²) in [6.07, 6.45) is 3.94. The summed E-state index contributed by atoms with van der Waals surface area (Å²) in [5.74, 6) is -0.130. The number of anilines is 1. The molecule has 1 fully saturated rings. The Labute approximate surface area is 143 Å². The second-order valence-electron chi connectivity index (χ2n) is 6.56. The van der Waals surface area contributed by atoms with Crippen LogP contribution in [0.2, 0.25) is 0 Å². The van der Waals surface area contributed by atoms with Crippen molar-refractivity contribution in [3.63, 3.8) is 0 Å². The minimum absolute atomic E-state index is 0.167. The lowest BCUT2D eigenvalue weighted by Gasteiger charge is -2.10. The van der Waals surface area contributed by atoms with Gasteiger partial charge in [0.05, 0.1) is 22.1 Å². The van der Waals surface area contributed by atoms with Crippen LogP contribution >= 0.6 is 0 Å². The number of aromatic hydroxyl groups is 1. The van der Waals surface area contributed by atoms with Crippen LogP contribution in [0.1, 0.15) is 18.9 Å². The van der Waals surface area contributed by atoms with Crippen LogP contribution in [0.15, 0.2) is 48.7 Å². The van der Waals surface area contributed by atoms with Gasteiger partial charge in [-0.05, 0) is 18.9 Å². The van der Waals surface area contributed by atoms with Crippen LogP contribution in [-0.4, -0.2) is 14.7 Å². The fraction of sp³-hybridized carbons (Fsp3) is 0.150. The molecule has 0 spiro atoms. The van der Waals surface area contributed by atoms with Crippen LogP contribution in [0.3, 0.4) is 0 Å². The molecule has 1 saturated carbocycles. The maximum atomic E-state index is 14.3. The van der Waals surface area contributed by atoms with E-state index in [9.17, 15) is 9.50 Å². The highest BCUT2D eigenvalue weighted by atomic mass is 19.1.